The summed E-state index contributed by atoms with van der Waals surface area (Å²) >= 11 is 0. The van der Waals surface area contributed by atoms with Crippen molar-refractivity contribution in [3.63, 3.8) is 0 Å². The number of pyridine rings is 1. The predicted octanol–water partition coefficient (Wildman–Crippen LogP) is 4.98. The Bertz CT molecular complexity index is 1060. The molecule has 1 heterocycles. The number of aromatic nitrogens is 1. The fraction of sp³-hybridized carbons (Fsp3) is 0.308. The molecule has 1 aromatic heterocycles. The largest absolute Gasteiger partial charge is 0.494 e. The summed E-state index contributed by atoms with van der Waals surface area (Å²) < 4.78 is 6.00. The number of aryl methyl sites for hydroxylation is 1. The Morgan fingerprint density at radius 2 is 2.00 bits per heavy atom. The van der Waals surface area contributed by atoms with Crippen LogP contribution < -0.4 is 10.1 Å². The van der Waals surface area contributed by atoms with E-state index < -0.39 is 5.97 Å². The van der Waals surface area contributed by atoms with Crippen LogP contribution in [-0.2, 0) is 17.6 Å². The van der Waals surface area contributed by atoms with Gasteiger partial charge in [-0.15, -0.1) is 0 Å². The second kappa shape index (κ2) is 9.65. The molecular formula is C26H28N2O3. The standard InChI is InChI=1S/C26H28N2O3/c1-18-9-11-28-25(13-18)27-10-4-12-31-23-8-7-19-14-22(17-26(29)30)24-6-3-2-5-20(24)15-21(19)16-23/h2-3,5-9,11,13,16,22H,4,10,12,14-15,17H2,1H3,(H,27,28)(H,29,30). The van der Waals surface area contributed by atoms with E-state index in [4.69, 9.17) is 4.74 Å². The summed E-state index contributed by atoms with van der Waals surface area (Å²) in [5.41, 5.74) is 5.98. The summed E-state index contributed by atoms with van der Waals surface area (Å²) in [4.78, 5) is 15.7. The molecule has 0 aliphatic heterocycles. The summed E-state index contributed by atoms with van der Waals surface area (Å²) in [6.07, 6.45) is 4.38. The highest BCUT2D eigenvalue weighted by Gasteiger charge is 2.24. The number of anilines is 1. The van der Waals surface area contributed by atoms with E-state index in [0.29, 0.717) is 6.61 Å². The first-order valence-corrected chi connectivity index (χ1v) is 10.8. The number of rotatable bonds is 8. The molecule has 2 N–H and O–H groups in total. The molecule has 0 radical (unpaired) electrons. The van der Waals surface area contributed by atoms with Gasteiger partial charge in [-0.1, -0.05) is 30.3 Å². The molecule has 4 rings (SSSR count). The van der Waals surface area contributed by atoms with Gasteiger partial charge in [0.2, 0.25) is 0 Å². The smallest absolute Gasteiger partial charge is 0.303 e. The molecule has 0 fully saturated rings. The van der Waals surface area contributed by atoms with Crippen molar-refractivity contribution < 1.29 is 14.6 Å². The fourth-order valence-electron chi connectivity index (χ4n) is 4.23. The zero-order valence-corrected chi connectivity index (χ0v) is 17.8. The molecule has 5 nitrogen and oxygen atoms in total. The lowest BCUT2D eigenvalue weighted by atomic mass is 9.89. The number of fused-ring (bicyclic) bond motifs is 2. The lowest BCUT2D eigenvalue weighted by molar-refractivity contribution is -0.137. The van der Waals surface area contributed by atoms with Gasteiger partial charge in [0.1, 0.15) is 11.6 Å². The quantitative estimate of drug-likeness (QED) is 0.507. The van der Waals surface area contributed by atoms with E-state index in [-0.39, 0.29) is 12.3 Å². The first-order valence-electron chi connectivity index (χ1n) is 10.8. The Hall–Kier alpha value is -3.34. The number of carboxylic acid groups (broad SMARTS) is 1. The Balaban J connectivity index is 1.38. The van der Waals surface area contributed by atoms with Crippen molar-refractivity contribution in [1.29, 1.82) is 0 Å². The molecule has 5 heteroatoms. The van der Waals surface area contributed by atoms with Crippen LogP contribution in [0.1, 0.15) is 46.6 Å². The van der Waals surface area contributed by atoms with Crippen LogP contribution >= 0.6 is 0 Å². The van der Waals surface area contributed by atoms with Crippen molar-refractivity contribution in [2.75, 3.05) is 18.5 Å². The van der Waals surface area contributed by atoms with E-state index in [2.05, 4.69) is 41.5 Å². The van der Waals surface area contributed by atoms with Gasteiger partial charge in [0.15, 0.2) is 0 Å². The van der Waals surface area contributed by atoms with E-state index in [1.165, 1.54) is 22.3 Å². The molecule has 2 aromatic carbocycles. The topological polar surface area (TPSA) is 71.5 Å². The third-order valence-corrected chi connectivity index (χ3v) is 5.75. The Kier molecular flexibility index (Phi) is 6.51. The zero-order chi connectivity index (χ0) is 21.6. The van der Waals surface area contributed by atoms with E-state index in [1.807, 2.05) is 36.5 Å². The average molecular weight is 417 g/mol. The molecule has 1 atom stereocenters. The number of carbonyl (C=O) groups is 1. The molecule has 3 aromatic rings. The molecule has 1 unspecified atom stereocenters. The molecule has 1 aliphatic carbocycles. The minimum atomic E-state index is -0.752. The molecular weight excluding hydrogens is 388 g/mol. The van der Waals surface area contributed by atoms with Gasteiger partial charge in [-0.2, -0.15) is 0 Å². The van der Waals surface area contributed by atoms with E-state index >= 15 is 0 Å². The van der Waals surface area contributed by atoms with Crippen molar-refractivity contribution in [2.45, 2.75) is 38.5 Å². The van der Waals surface area contributed by atoms with Crippen LogP contribution in [0.5, 0.6) is 5.75 Å². The summed E-state index contributed by atoms with van der Waals surface area (Å²) in [6, 6.07) is 18.4. The van der Waals surface area contributed by atoms with Gasteiger partial charge in [0.05, 0.1) is 13.0 Å². The first kappa shape index (κ1) is 20.9. The number of nitrogens with zero attached hydrogens (tertiary/aromatic N) is 1. The highest BCUT2D eigenvalue weighted by molar-refractivity contribution is 5.68. The van der Waals surface area contributed by atoms with Gasteiger partial charge in [0.25, 0.3) is 0 Å². The third kappa shape index (κ3) is 5.43. The van der Waals surface area contributed by atoms with Crippen molar-refractivity contribution in [3.8, 4) is 5.75 Å². The van der Waals surface area contributed by atoms with Gasteiger partial charge < -0.3 is 15.2 Å². The molecule has 0 bridgehead atoms. The number of hydrogen-bond acceptors (Lipinski definition) is 4. The maximum absolute atomic E-state index is 11.4. The Labute approximate surface area is 183 Å². The number of hydrogen-bond donors (Lipinski definition) is 2. The fourth-order valence-corrected chi connectivity index (χ4v) is 4.23. The molecule has 31 heavy (non-hydrogen) atoms. The normalized spacial score (nSPS) is 14.8. The van der Waals surface area contributed by atoms with Crippen molar-refractivity contribution in [1.82, 2.24) is 4.98 Å². The molecule has 1 aliphatic rings. The van der Waals surface area contributed by atoms with Gasteiger partial charge in [-0.05, 0) is 84.2 Å². The van der Waals surface area contributed by atoms with Crippen molar-refractivity contribution in [3.05, 3.63) is 88.6 Å². The number of aliphatic carboxylic acids is 1. The summed E-state index contributed by atoms with van der Waals surface area (Å²) in [5, 5.41) is 12.7. The minimum Gasteiger partial charge on any atom is -0.494 e. The van der Waals surface area contributed by atoms with Crippen LogP contribution in [0.25, 0.3) is 0 Å². The third-order valence-electron chi connectivity index (χ3n) is 5.75. The molecule has 160 valence electrons. The first-order chi connectivity index (χ1) is 15.1. The van der Waals surface area contributed by atoms with Gasteiger partial charge in [0, 0.05) is 12.7 Å². The monoisotopic (exact) mass is 416 g/mol. The molecule has 0 spiro atoms. The van der Waals surface area contributed by atoms with Crippen LogP contribution in [0.4, 0.5) is 5.82 Å². The summed E-state index contributed by atoms with van der Waals surface area (Å²) in [7, 11) is 0. The Morgan fingerprint density at radius 1 is 1.13 bits per heavy atom. The van der Waals surface area contributed by atoms with Gasteiger partial charge in [-0.25, -0.2) is 4.98 Å². The Morgan fingerprint density at radius 3 is 2.84 bits per heavy atom. The molecule has 0 amide bonds. The van der Waals surface area contributed by atoms with Crippen molar-refractivity contribution in [2.24, 2.45) is 0 Å². The highest BCUT2D eigenvalue weighted by atomic mass is 16.5. The second-order valence-corrected chi connectivity index (χ2v) is 8.15. The van der Waals surface area contributed by atoms with Gasteiger partial charge in [-0.3, -0.25) is 4.79 Å². The highest BCUT2D eigenvalue weighted by Crippen LogP contribution is 2.35. The van der Waals surface area contributed by atoms with Crippen LogP contribution in [0.2, 0.25) is 0 Å². The number of benzene rings is 2. The number of ether oxygens (including phenoxy) is 1. The summed E-state index contributed by atoms with van der Waals surface area (Å²) in [6.45, 7) is 3.47. The lowest BCUT2D eigenvalue weighted by Gasteiger charge is -2.16. The average Bonchev–Trinajstić information content (AvgIpc) is 2.89. The van der Waals surface area contributed by atoms with Crippen LogP contribution in [-0.4, -0.2) is 29.2 Å². The van der Waals surface area contributed by atoms with Gasteiger partial charge >= 0.3 is 5.97 Å². The van der Waals surface area contributed by atoms with Crippen molar-refractivity contribution >= 4 is 11.8 Å². The van der Waals surface area contributed by atoms with Crippen LogP contribution in [0, 0.1) is 6.92 Å². The lowest BCUT2D eigenvalue weighted by Crippen LogP contribution is -2.10. The van der Waals surface area contributed by atoms with Crippen LogP contribution in [0.15, 0.2) is 60.8 Å². The summed E-state index contributed by atoms with van der Waals surface area (Å²) in [5.74, 6) is 1.00. The number of carboxylic acids is 1. The maximum Gasteiger partial charge on any atom is 0.303 e. The molecule has 0 saturated heterocycles. The zero-order valence-electron chi connectivity index (χ0n) is 17.8. The molecule has 0 saturated carbocycles. The maximum atomic E-state index is 11.4. The minimum absolute atomic E-state index is 0.00280. The van der Waals surface area contributed by atoms with E-state index in [1.54, 1.807) is 0 Å². The van der Waals surface area contributed by atoms with Crippen LogP contribution in [0.3, 0.4) is 0 Å². The predicted molar refractivity (Wildman–Crippen MR) is 122 cm³/mol. The number of nitrogens with one attached hydrogen (secondary N) is 1. The second-order valence-electron chi connectivity index (χ2n) is 8.15. The van der Waals surface area contributed by atoms with E-state index in [9.17, 15) is 9.90 Å². The van der Waals surface area contributed by atoms with E-state index in [0.717, 1.165) is 42.9 Å². The SMILES string of the molecule is Cc1ccnc(NCCCOc2ccc3c(c2)Cc2ccccc2C(CC(=O)O)C3)c1.